The van der Waals surface area contributed by atoms with Crippen LogP contribution in [0.1, 0.15) is 44.7 Å². The molecule has 0 aliphatic heterocycles. The predicted molar refractivity (Wildman–Crippen MR) is 61.6 cm³/mol. The Kier molecular flexibility index (Phi) is 3.10. The average Bonchev–Trinajstić information content (AvgIpc) is 2.57. The van der Waals surface area contributed by atoms with Crippen LogP contribution in [-0.2, 0) is 7.05 Å². The minimum absolute atomic E-state index is 0.483. The van der Waals surface area contributed by atoms with Crippen LogP contribution in [0.25, 0.3) is 0 Å². The summed E-state index contributed by atoms with van der Waals surface area (Å²) in [5.41, 5.74) is 1.32. The summed E-state index contributed by atoms with van der Waals surface area (Å²) in [4.78, 5) is 0. The van der Waals surface area contributed by atoms with Crippen LogP contribution in [0.4, 0.5) is 0 Å². The topological polar surface area (TPSA) is 29.9 Å². The van der Waals surface area contributed by atoms with Gasteiger partial charge in [0.1, 0.15) is 0 Å². The van der Waals surface area contributed by atoms with Crippen LogP contribution in [0.5, 0.6) is 0 Å². The maximum absolute atomic E-state index is 4.23. The van der Waals surface area contributed by atoms with Gasteiger partial charge in [-0.3, -0.25) is 4.68 Å². The smallest absolute Gasteiger partial charge is 0.0537 e. The Morgan fingerprint density at radius 3 is 2.80 bits per heavy atom. The lowest BCUT2D eigenvalue weighted by Gasteiger charge is -2.36. The van der Waals surface area contributed by atoms with E-state index in [1.807, 2.05) is 17.9 Å². The van der Waals surface area contributed by atoms with Gasteiger partial charge in [-0.25, -0.2) is 0 Å². The lowest BCUT2D eigenvalue weighted by atomic mass is 9.81. The molecule has 2 rings (SSSR count). The SMILES string of the molecule is CCC(NC1CC(C)C1)c1cnn(C)c1. The van der Waals surface area contributed by atoms with Crippen molar-refractivity contribution in [2.45, 2.75) is 45.2 Å². The molecular formula is C12H21N3. The van der Waals surface area contributed by atoms with Crippen LogP contribution in [-0.4, -0.2) is 15.8 Å². The van der Waals surface area contributed by atoms with E-state index in [1.54, 1.807) is 0 Å². The highest BCUT2D eigenvalue weighted by atomic mass is 15.2. The molecule has 0 saturated heterocycles. The molecule has 0 aromatic carbocycles. The molecule has 1 saturated carbocycles. The van der Waals surface area contributed by atoms with Crippen molar-refractivity contribution in [1.29, 1.82) is 0 Å². The highest BCUT2D eigenvalue weighted by molar-refractivity contribution is 5.10. The molecule has 1 aromatic rings. The molecule has 1 fully saturated rings. The minimum atomic E-state index is 0.483. The molecule has 1 N–H and O–H groups in total. The summed E-state index contributed by atoms with van der Waals surface area (Å²) in [6, 6.07) is 1.21. The Morgan fingerprint density at radius 2 is 2.33 bits per heavy atom. The average molecular weight is 207 g/mol. The normalized spacial score (nSPS) is 27.4. The van der Waals surface area contributed by atoms with Crippen molar-refractivity contribution in [2.24, 2.45) is 13.0 Å². The summed E-state index contributed by atoms with van der Waals surface area (Å²) in [7, 11) is 1.97. The first-order chi connectivity index (χ1) is 7.19. The van der Waals surface area contributed by atoms with E-state index < -0.39 is 0 Å². The molecule has 1 atom stereocenters. The highest BCUT2D eigenvalue weighted by Crippen LogP contribution is 2.29. The number of hydrogen-bond donors (Lipinski definition) is 1. The fourth-order valence-electron chi connectivity index (χ4n) is 2.39. The maximum atomic E-state index is 4.23. The van der Waals surface area contributed by atoms with Gasteiger partial charge in [0.05, 0.1) is 6.20 Å². The Labute approximate surface area is 91.9 Å². The lowest BCUT2D eigenvalue weighted by molar-refractivity contribution is 0.220. The molecule has 0 amide bonds. The van der Waals surface area contributed by atoms with Crippen molar-refractivity contribution in [1.82, 2.24) is 15.1 Å². The van der Waals surface area contributed by atoms with Crippen molar-refractivity contribution in [3.63, 3.8) is 0 Å². The van der Waals surface area contributed by atoms with E-state index in [0.717, 1.165) is 18.4 Å². The summed E-state index contributed by atoms with van der Waals surface area (Å²) in [6.45, 7) is 4.55. The Morgan fingerprint density at radius 1 is 1.60 bits per heavy atom. The first kappa shape index (κ1) is 10.7. The largest absolute Gasteiger partial charge is 0.307 e. The molecule has 1 heterocycles. The summed E-state index contributed by atoms with van der Waals surface area (Å²) in [5, 5.41) is 7.94. The first-order valence-electron chi connectivity index (χ1n) is 5.93. The zero-order chi connectivity index (χ0) is 10.8. The molecule has 3 heteroatoms. The second-order valence-electron chi connectivity index (χ2n) is 4.85. The summed E-state index contributed by atoms with van der Waals surface area (Å²) in [6.07, 6.45) is 7.89. The standard InChI is InChI=1S/C12H21N3/c1-4-12(10-7-13-15(3)8-10)14-11-5-9(2)6-11/h7-9,11-12,14H,4-6H2,1-3H3. The van der Waals surface area contributed by atoms with Crippen LogP contribution in [0, 0.1) is 5.92 Å². The molecule has 0 bridgehead atoms. The van der Waals surface area contributed by atoms with Gasteiger partial charge in [-0.05, 0) is 25.2 Å². The van der Waals surface area contributed by atoms with Crippen LogP contribution in [0.15, 0.2) is 12.4 Å². The Hall–Kier alpha value is -0.830. The van der Waals surface area contributed by atoms with Gasteiger partial charge in [0.25, 0.3) is 0 Å². The predicted octanol–water partition coefficient (Wildman–Crippen LogP) is 2.26. The van der Waals surface area contributed by atoms with Crippen LogP contribution < -0.4 is 5.32 Å². The molecule has 1 aliphatic carbocycles. The van der Waals surface area contributed by atoms with Crippen LogP contribution in [0.2, 0.25) is 0 Å². The van der Waals surface area contributed by atoms with E-state index >= 15 is 0 Å². The van der Waals surface area contributed by atoms with Crippen molar-refractivity contribution in [3.05, 3.63) is 18.0 Å². The van der Waals surface area contributed by atoms with Crippen molar-refractivity contribution < 1.29 is 0 Å². The van der Waals surface area contributed by atoms with Gasteiger partial charge < -0.3 is 5.32 Å². The van der Waals surface area contributed by atoms with Gasteiger partial charge in [0, 0.05) is 30.9 Å². The summed E-state index contributed by atoms with van der Waals surface area (Å²) >= 11 is 0. The summed E-state index contributed by atoms with van der Waals surface area (Å²) < 4.78 is 1.88. The lowest BCUT2D eigenvalue weighted by Crippen LogP contribution is -2.41. The number of nitrogens with one attached hydrogen (secondary N) is 1. The number of aryl methyl sites for hydroxylation is 1. The van der Waals surface area contributed by atoms with E-state index in [0.29, 0.717) is 6.04 Å². The zero-order valence-corrected chi connectivity index (χ0v) is 9.90. The Bertz CT molecular complexity index is 312. The van der Waals surface area contributed by atoms with Gasteiger partial charge in [0.15, 0.2) is 0 Å². The van der Waals surface area contributed by atoms with Gasteiger partial charge in [-0.1, -0.05) is 13.8 Å². The fraction of sp³-hybridized carbons (Fsp3) is 0.750. The zero-order valence-electron chi connectivity index (χ0n) is 9.90. The molecule has 0 spiro atoms. The molecule has 1 aliphatic rings. The van der Waals surface area contributed by atoms with Gasteiger partial charge in [-0.2, -0.15) is 5.10 Å². The highest BCUT2D eigenvalue weighted by Gasteiger charge is 2.27. The third-order valence-corrected chi connectivity index (χ3v) is 3.35. The van der Waals surface area contributed by atoms with Crippen LogP contribution >= 0.6 is 0 Å². The molecule has 15 heavy (non-hydrogen) atoms. The van der Waals surface area contributed by atoms with Crippen molar-refractivity contribution in [2.75, 3.05) is 0 Å². The van der Waals surface area contributed by atoms with E-state index in [4.69, 9.17) is 0 Å². The quantitative estimate of drug-likeness (QED) is 0.820. The monoisotopic (exact) mass is 207 g/mol. The molecule has 1 unspecified atom stereocenters. The maximum Gasteiger partial charge on any atom is 0.0537 e. The number of rotatable bonds is 4. The molecule has 0 radical (unpaired) electrons. The van der Waals surface area contributed by atoms with Gasteiger partial charge >= 0.3 is 0 Å². The molecule has 84 valence electrons. The molecular weight excluding hydrogens is 186 g/mol. The minimum Gasteiger partial charge on any atom is -0.307 e. The number of nitrogens with zero attached hydrogens (tertiary/aromatic N) is 2. The third kappa shape index (κ3) is 2.40. The third-order valence-electron chi connectivity index (χ3n) is 3.35. The number of aromatic nitrogens is 2. The van der Waals surface area contributed by atoms with E-state index in [1.165, 1.54) is 18.4 Å². The van der Waals surface area contributed by atoms with Crippen molar-refractivity contribution >= 4 is 0 Å². The van der Waals surface area contributed by atoms with Gasteiger partial charge in [0.2, 0.25) is 0 Å². The van der Waals surface area contributed by atoms with Crippen LogP contribution in [0.3, 0.4) is 0 Å². The van der Waals surface area contributed by atoms with E-state index in [2.05, 4.69) is 30.5 Å². The van der Waals surface area contributed by atoms with E-state index in [9.17, 15) is 0 Å². The first-order valence-corrected chi connectivity index (χ1v) is 5.93. The second kappa shape index (κ2) is 4.35. The van der Waals surface area contributed by atoms with Crippen molar-refractivity contribution in [3.8, 4) is 0 Å². The molecule has 3 nitrogen and oxygen atoms in total. The van der Waals surface area contributed by atoms with E-state index in [-0.39, 0.29) is 0 Å². The fourth-order valence-corrected chi connectivity index (χ4v) is 2.39. The second-order valence-corrected chi connectivity index (χ2v) is 4.85. The van der Waals surface area contributed by atoms with Gasteiger partial charge in [-0.15, -0.1) is 0 Å². The number of hydrogen-bond acceptors (Lipinski definition) is 2. The summed E-state index contributed by atoms with van der Waals surface area (Å²) in [5.74, 6) is 0.911. The molecule has 1 aromatic heterocycles. The Balaban J connectivity index is 1.92.